The van der Waals surface area contributed by atoms with E-state index in [9.17, 15) is 14.3 Å². The molecule has 0 aliphatic rings. The predicted molar refractivity (Wildman–Crippen MR) is 86.4 cm³/mol. The first kappa shape index (κ1) is 16.2. The Labute approximate surface area is 141 Å². The number of amides is 2. The molecule has 0 bridgehead atoms. The van der Waals surface area contributed by atoms with Crippen molar-refractivity contribution in [2.45, 2.75) is 6.04 Å². The number of aliphatic hydroxyl groups is 1. The lowest BCUT2D eigenvalue weighted by molar-refractivity contribution is 0.225. The number of hydrogen-bond donors (Lipinski definition) is 3. The molecule has 1 atom stereocenters. The number of anilines is 1. The van der Waals surface area contributed by atoms with E-state index in [1.165, 1.54) is 12.1 Å². The van der Waals surface area contributed by atoms with E-state index in [4.69, 9.17) is 11.6 Å². The van der Waals surface area contributed by atoms with Crippen molar-refractivity contribution >= 4 is 29.2 Å². The van der Waals surface area contributed by atoms with Crippen molar-refractivity contribution < 1.29 is 14.3 Å². The molecule has 1 aromatic carbocycles. The minimum absolute atomic E-state index is 0.0326. The van der Waals surface area contributed by atoms with Crippen LogP contribution < -0.4 is 10.6 Å². The maximum atomic E-state index is 13.5. The fourth-order valence-corrected chi connectivity index (χ4v) is 2.30. The second-order valence-electron chi connectivity index (χ2n) is 4.96. The molecule has 0 aliphatic heterocycles. The number of pyridine rings is 1. The van der Waals surface area contributed by atoms with E-state index in [1.54, 1.807) is 28.8 Å². The van der Waals surface area contributed by atoms with Crippen LogP contribution in [0, 0.1) is 5.82 Å². The highest BCUT2D eigenvalue weighted by atomic mass is 35.5. The van der Waals surface area contributed by atoms with Crippen molar-refractivity contribution in [3.63, 3.8) is 0 Å². The normalized spacial score (nSPS) is 12.1. The van der Waals surface area contributed by atoms with Crippen molar-refractivity contribution in [3.8, 4) is 0 Å². The van der Waals surface area contributed by atoms with Crippen LogP contribution in [-0.4, -0.2) is 32.3 Å². The summed E-state index contributed by atoms with van der Waals surface area (Å²) in [6.07, 6.45) is 1.70. The summed E-state index contributed by atoms with van der Waals surface area (Å²) in [6.45, 7) is -0.408. The zero-order chi connectivity index (χ0) is 17.1. The van der Waals surface area contributed by atoms with Crippen LogP contribution in [0.4, 0.5) is 15.1 Å². The first-order valence-electron chi connectivity index (χ1n) is 7.01. The summed E-state index contributed by atoms with van der Waals surface area (Å²) in [5, 5.41) is 22.3. The van der Waals surface area contributed by atoms with Crippen LogP contribution in [0.1, 0.15) is 11.6 Å². The van der Waals surface area contributed by atoms with Gasteiger partial charge in [0, 0.05) is 6.20 Å². The standard InChI is InChI=1S/C15H13ClFN5O2/c16-10-5-4-9(7-11(10)17)12(8-23)18-15(24)19-14-21-20-13-3-1-2-6-22(13)14/h1-7,12,23H,8H2,(H2,18,19,21,24). The van der Waals surface area contributed by atoms with E-state index >= 15 is 0 Å². The van der Waals surface area contributed by atoms with Crippen LogP contribution in [0.3, 0.4) is 0 Å². The second-order valence-corrected chi connectivity index (χ2v) is 5.37. The van der Waals surface area contributed by atoms with Gasteiger partial charge < -0.3 is 10.4 Å². The third-order valence-corrected chi connectivity index (χ3v) is 3.68. The van der Waals surface area contributed by atoms with Gasteiger partial charge in [0.15, 0.2) is 5.65 Å². The van der Waals surface area contributed by atoms with Gasteiger partial charge in [-0.2, -0.15) is 0 Å². The van der Waals surface area contributed by atoms with Crippen molar-refractivity contribution in [2.24, 2.45) is 0 Å². The van der Waals surface area contributed by atoms with E-state index in [-0.39, 0.29) is 11.0 Å². The Hall–Kier alpha value is -2.71. The van der Waals surface area contributed by atoms with Gasteiger partial charge in [-0.15, -0.1) is 10.2 Å². The molecular formula is C15H13ClFN5O2. The van der Waals surface area contributed by atoms with Crippen LogP contribution >= 0.6 is 11.6 Å². The topological polar surface area (TPSA) is 91.6 Å². The maximum Gasteiger partial charge on any atom is 0.322 e. The van der Waals surface area contributed by atoms with Gasteiger partial charge >= 0.3 is 6.03 Å². The quantitative estimate of drug-likeness (QED) is 0.674. The van der Waals surface area contributed by atoms with Gasteiger partial charge in [-0.1, -0.05) is 23.7 Å². The van der Waals surface area contributed by atoms with Gasteiger partial charge in [0.2, 0.25) is 5.95 Å². The third kappa shape index (κ3) is 3.29. The number of rotatable bonds is 4. The number of benzene rings is 1. The lowest BCUT2D eigenvalue weighted by Crippen LogP contribution is -2.35. The van der Waals surface area contributed by atoms with Crippen LogP contribution in [0.25, 0.3) is 5.65 Å². The van der Waals surface area contributed by atoms with Gasteiger partial charge in [0.1, 0.15) is 5.82 Å². The molecule has 3 aromatic rings. The molecule has 0 spiro atoms. The molecule has 0 saturated heterocycles. The Morgan fingerprint density at radius 3 is 2.92 bits per heavy atom. The van der Waals surface area contributed by atoms with Crippen LogP contribution in [0.2, 0.25) is 5.02 Å². The molecule has 0 radical (unpaired) electrons. The Bertz CT molecular complexity index is 885. The van der Waals surface area contributed by atoms with Crippen molar-refractivity contribution in [2.75, 3.05) is 11.9 Å². The smallest absolute Gasteiger partial charge is 0.322 e. The van der Waals surface area contributed by atoms with Crippen molar-refractivity contribution in [3.05, 3.63) is 59.0 Å². The zero-order valence-corrected chi connectivity index (χ0v) is 13.0. The summed E-state index contributed by atoms with van der Waals surface area (Å²) in [5.74, 6) is -0.402. The number of urea groups is 1. The summed E-state index contributed by atoms with van der Waals surface area (Å²) in [6, 6.07) is 7.95. The minimum atomic E-state index is -0.795. The highest BCUT2D eigenvalue weighted by molar-refractivity contribution is 6.30. The summed E-state index contributed by atoms with van der Waals surface area (Å²) >= 11 is 5.63. The molecule has 0 saturated carbocycles. The average Bonchev–Trinajstić information content (AvgIpc) is 2.98. The predicted octanol–water partition coefficient (Wildman–Crippen LogP) is 2.38. The lowest BCUT2D eigenvalue weighted by Gasteiger charge is -2.17. The molecule has 2 amide bonds. The molecule has 9 heteroatoms. The Kier molecular flexibility index (Phi) is 4.59. The number of hydrogen-bond acceptors (Lipinski definition) is 4. The summed E-state index contributed by atoms with van der Waals surface area (Å²) in [4.78, 5) is 12.1. The average molecular weight is 350 g/mol. The fourth-order valence-electron chi connectivity index (χ4n) is 2.19. The van der Waals surface area contributed by atoms with E-state index in [1.807, 2.05) is 0 Å². The fraction of sp³-hybridized carbons (Fsp3) is 0.133. The molecule has 2 aromatic heterocycles. The first-order chi connectivity index (χ1) is 11.6. The number of fused-ring (bicyclic) bond motifs is 1. The van der Waals surface area contributed by atoms with E-state index in [2.05, 4.69) is 20.8 Å². The summed E-state index contributed by atoms with van der Waals surface area (Å²) in [5.41, 5.74) is 0.965. The number of nitrogens with one attached hydrogen (secondary N) is 2. The highest BCUT2D eigenvalue weighted by Crippen LogP contribution is 2.20. The monoisotopic (exact) mass is 349 g/mol. The maximum absolute atomic E-state index is 13.5. The molecule has 0 aliphatic carbocycles. The molecule has 1 unspecified atom stereocenters. The molecule has 124 valence electrons. The number of carbonyl (C=O) groups excluding carboxylic acids is 1. The molecule has 2 heterocycles. The molecule has 24 heavy (non-hydrogen) atoms. The van der Waals surface area contributed by atoms with E-state index in [0.717, 1.165) is 6.07 Å². The second kappa shape index (κ2) is 6.81. The largest absolute Gasteiger partial charge is 0.394 e. The molecule has 3 rings (SSSR count). The number of carbonyl (C=O) groups is 1. The van der Waals surface area contributed by atoms with Gasteiger partial charge in [-0.25, -0.2) is 9.18 Å². The van der Waals surface area contributed by atoms with Gasteiger partial charge in [-0.05, 0) is 29.8 Å². The van der Waals surface area contributed by atoms with Crippen LogP contribution in [0.5, 0.6) is 0 Å². The highest BCUT2D eigenvalue weighted by Gasteiger charge is 2.16. The third-order valence-electron chi connectivity index (χ3n) is 3.37. The zero-order valence-electron chi connectivity index (χ0n) is 12.3. The number of aliphatic hydroxyl groups excluding tert-OH is 1. The molecule has 3 N–H and O–H groups in total. The molecule has 0 fully saturated rings. The Morgan fingerprint density at radius 2 is 2.17 bits per heavy atom. The van der Waals surface area contributed by atoms with E-state index < -0.39 is 24.5 Å². The number of nitrogens with zero attached hydrogens (tertiary/aromatic N) is 3. The summed E-state index contributed by atoms with van der Waals surface area (Å²) in [7, 11) is 0. The van der Waals surface area contributed by atoms with Gasteiger partial charge in [0.05, 0.1) is 17.7 Å². The minimum Gasteiger partial charge on any atom is -0.394 e. The van der Waals surface area contributed by atoms with Crippen LogP contribution in [0.15, 0.2) is 42.6 Å². The van der Waals surface area contributed by atoms with Crippen molar-refractivity contribution in [1.82, 2.24) is 19.9 Å². The summed E-state index contributed by atoms with van der Waals surface area (Å²) < 4.78 is 15.1. The van der Waals surface area contributed by atoms with E-state index in [0.29, 0.717) is 11.2 Å². The lowest BCUT2D eigenvalue weighted by atomic mass is 10.1. The number of halogens is 2. The number of aromatic nitrogens is 3. The molecular weight excluding hydrogens is 337 g/mol. The van der Waals surface area contributed by atoms with Crippen LogP contribution in [-0.2, 0) is 0 Å². The van der Waals surface area contributed by atoms with Gasteiger partial charge in [0.25, 0.3) is 0 Å². The van der Waals surface area contributed by atoms with Gasteiger partial charge in [-0.3, -0.25) is 9.72 Å². The van der Waals surface area contributed by atoms with Crippen molar-refractivity contribution in [1.29, 1.82) is 0 Å². The SMILES string of the molecule is O=C(Nc1nnc2ccccn12)NC(CO)c1ccc(Cl)c(F)c1. The Balaban J connectivity index is 1.73. The molecule has 7 nitrogen and oxygen atoms in total. The Morgan fingerprint density at radius 1 is 1.33 bits per heavy atom. The first-order valence-corrected chi connectivity index (χ1v) is 7.39.